The van der Waals surface area contributed by atoms with E-state index in [4.69, 9.17) is 0 Å². The minimum atomic E-state index is -3.81. The zero-order chi connectivity index (χ0) is 26.9. The molecule has 0 saturated carbocycles. The van der Waals surface area contributed by atoms with E-state index in [9.17, 15) is 26.8 Å². The Bertz CT molecular complexity index is 1150. The average Bonchev–Trinajstić information content (AvgIpc) is 2.82. The van der Waals surface area contributed by atoms with Crippen LogP contribution in [0.25, 0.3) is 0 Å². The molecule has 0 unspecified atom stereocenters. The van der Waals surface area contributed by atoms with Crippen LogP contribution in [0.3, 0.4) is 0 Å². The van der Waals surface area contributed by atoms with Gasteiger partial charge in [-0.1, -0.05) is 41.4 Å². The molecule has 11 heteroatoms. The Balaban J connectivity index is 2.15. The predicted molar refractivity (Wildman–Crippen MR) is 140 cm³/mol. The van der Waals surface area contributed by atoms with Crippen molar-refractivity contribution in [1.29, 1.82) is 0 Å². The van der Waals surface area contributed by atoms with Crippen molar-refractivity contribution in [1.82, 2.24) is 10.2 Å². The lowest BCUT2D eigenvalue weighted by molar-refractivity contribution is -0.140. The van der Waals surface area contributed by atoms with Gasteiger partial charge in [-0.15, -0.1) is 0 Å². The van der Waals surface area contributed by atoms with Crippen molar-refractivity contribution in [3.63, 3.8) is 0 Å². The molecule has 1 N–H and O–H groups in total. The Hall–Kier alpha value is -2.53. The van der Waals surface area contributed by atoms with Gasteiger partial charge in [-0.25, -0.2) is 17.2 Å². The topological polar surface area (TPSA) is 86.8 Å². The van der Waals surface area contributed by atoms with E-state index in [1.807, 2.05) is 31.2 Å². The highest BCUT2D eigenvalue weighted by Crippen LogP contribution is 2.22. The first-order valence-electron chi connectivity index (χ1n) is 11.7. The Kier molecular flexibility index (Phi) is 11.3. The summed E-state index contributed by atoms with van der Waals surface area (Å²) in [5.41, 5.74) is 0.804. The lowest BCUT2D eigenvalue weighted by atomic mass is 10.1. The van der Waals surface area contributed by atoms with Crippen molar-refractivity contribution < 1.29 is 26.8 Å². The number of benzene rings is 2. The van der Waals surface area contributed by atoms with Crippen LogP contribution in [0.4, 0.5) is 14.5 Å². The van der Waals surface area contributed by atoms with Crippen LogP contribution in [0, 0.1) is 11.6 Å². The fourth-order valence-corrected chi connectivity index (χ4v) is 4.77. The molecule has 0 radical (unpaired) electrons. The minimum absolute atomic E-state index is 0.0285. The van der Waals surface area contributed by atoms with Gasteiger partial charge in [-0.05, 0) is 49.6 Å². The maximum atomic E-state index is 13.7. The number of anilines is 1. The van der Waals surface area contributed by atoms with Crippen LogP contribution in [0.1, 0.15) is 45.1 Å². The molecule has 1 atom stereocenters. The molecule has 0 fully saturated rings. The number of nitrogens with zero attached hydrogens (tertiary/aromatic N) is 2. The summed E-state index contributed by atoms with van der Waals surface area (Å²) in [6, 6.07) is 9.47. The van der Waals surface area contributed by atoms with Gasteiger partial charge in [0.2, 0.25) is 21.8 Å². The highest BCUT2D eigenvalue weighted by Gasteiger charge is 2.26. The van der Waals surface area contributed by atoms with E-state index in [-0.39, 0.29) is 43.4 Å². The number of sulfonamides is 1. The van der Waals surface area contributed by atoms with Gasteiger partial charge in [0.15, 0.2) is 11.6 Å². The minimum Gasteiger partial charge on any atom is -0.354 e. The number of hydrogen-bond acceptors (Lipinski definition) is 4. The standard InChI is InChI=1S/C25H32BrF2N3O4S/c1-4-5-14-29-25(33)18(2)30(17-19-8-10-20(26)11-9-19)24(32)7-6-15-31(36(3,34)35)21-12-13-22(27)23(28)16-21/h8-13,16,18H,4-7,14-15,17H2,1-3H3,(H,29,33)/t18-/m0/s1. The molecule has 2 aromatic rings. The van der Waals surface area contributed by atoms with Crippen LogP contribution < -0.4 is 9.62 Å². The molecule has 0 bridgehead atoms. The van der Waals surface area contributed by atoms with Gasteiger partial charge in [-0.2, -0.15) is 0 Å². The Morgan fingerprint density at radius 2 is 1.72 bits per heavy atom. The normalized spacial score (nSPS) is 12.2. The van der Waals surface area contributed by atoms with E-state index >= 15 is 0 Å². The SMILES string of the molecule is CCCCNC(=O)[C@H](C)N(Cc1ccc(Br)cc1)C(=O)CCCN(c1ccc(F)c(F)c1)S(C)(=O)=O. The number of nitrogens with one attached hydrogen (secondary N) is 1. The summed E-state index contributed by atoms with van der Waals surface area (Å²) in [5.74, 6) is -2.85. The van der Waals surface area contributed by atoms with Crippen molar-refractivity contribution in [2.75, 3.05) is 23.7 Å². The number of rotatable bonds is 13. The van der Waals surface area contributed by atoms with Crippen LogP contribution in [0.2, 0.25) is 0 Å². The summed E-state index contributed by atoms with van der Waals surface area (Å²) in [6.07, 6.45) is 2.78. The molecule has 2 amide bonds. The molecule has 0 heterocycles. The van der Waals surface area contributed by atoms with Gasteiger partial charge in [0.25, 0.3) is 0 Å². The molecule has 0 aliphatic heterocycles. The van der Waals surface area contributed by atoms with E-state index < -0.39 is 27.7 Å². The number of hydrogen-bond donors (Lipinski definition) is 1. The first kappa shape index (κ1) is 29.7. The van der Waals surface area contributed by atoms with Gasteiger partial charge < -0.3 is 10.2 Å². The zero-order valence-corrected chi connectivity index (χ0v) is 23.0. The van der Waals surface area contributed by atoms with Gasteiger partial charge in [-0.3, -0.25) is 13.9 Å². The quantitative estimate of drug-likeness (QED) is 0.347. The average molecular weight is 589 g/mol. The molecule has 0 aliphatic rings. The van der Waals surface area contributed by atoms with E-state index in [1.54, 1.807) is 6.92 Å². The molecule has 36 heavy (non-hydrogen) atoms. The summed E-state index contributed by atoms with van der Waals surface area (Å²) in [4.78, 5) is 27.4. The predicted octanol–water partition coefficient (Wildman–Crippen LogP) is 4.61. The van der Waals surface area contributed by atoms with E-state index in [0.717, 1.165) is 45.6 Å². The lowest BCUT2D eigenvalue weighted by Crippen LogP contribution is -2.48. The third kappa shape index (κ3) is 8.85. The van der Waals surface area contributed by atoms with Crippen LogP contribution in [0.15, 0.2) is 46.9 Å². The lowest BCUT2D eigenvalue weighted by Gasteiger charge is -2.29. The molecule has 0 spiro atoms. The Morgan fingerprint density at radius 1 is 1.06 bits per heavy atom. The van der Waals surface area contributed by atoms with E-state index in [1.165, 1.54) is 11.0 Å². The highest BCUT2D eigenvalue weighted by atomic mass is 79.9. The van der Waals surface area contributed by atoms with Gasteiger partial charge in [0, 0.05) is 36.6 Å². The van der Waals surface area contributed by atoms with Crippen LogP contribution in [-0.2, 0) is 26.2 Å². The first-order chi connectivity index (χ1) is 16.9. The van der Waals surface area contributed by atoms with E-state index in [2.05, 4.69) is 21.2 Å². The molecule has 0 aliphatic carbocycles. The van der Waals surface area contributed by atoms with Crippen molar-refractivity contribution in [3.05, 3.63) is 64.1 Å². The highest BCUT2D eigenvalue weighted by molar-refractivity contribution is 9.10. The fourth-order valence-electron chi connectivity index (χ4n) is 3.55. The Morgan fingerprint density at radius 3 is 2.31 bits per heavy atom. The number of amides is 2. The van der Waals surface area contributed by atoms with Gasteiger partial charge in [0.05, 0.1) is 11.9 Å². The smallest absolute Gasteiger partial charge is 0.242 e. The summed E-state index contributed by atoms with van der Waals surface area (Å²) in [6.45, 7) is 4.27. The van der Waals surface area contributed by atoms with Gasteiger partial charge in [0.1, 0.15) is 6.04 Å². The number of unbranched alkanes of at least 4 members (excludes halogenated alkanes) is 1. The Labute approximate surface area is 220 Å². The molecule has 0 saturated heterocycles. The second kappa shape index (κ2) is 13.7. The second-order valence-corrected chi connectivity index (χ2v) is 11.3. The van der Waals surface area contributed by atoms with Crippen LogP contribution >= 0.6 is 15.9 Å². The molecular formula is C25H32BrF2N3O4S. The number of carbonyl (C=O) groups excluding carboxylic acids is 2. The third-order valence-corrected chi connectivity index (χ3v) is 7.33. The van der Waals surface area contributed by atoms with Crippen molar-refractivity contribution in [2.45, 2.75) is 52.1 Å². The maximum Gasteiger partial charge on any atom is 0.242 e. The summed E-state index contributed by atoms with van der Waals surface area (Å²) in [7, 11) is -3.81. The molecule has 7 nitrogen and oxygen atoms in total. The third-order valence-electron chi connectivity index (χ3n) is 5.61. The summed E-state index contributed by atoms with van der Waals surface area (Å²) < 4.78 is 53.4. The summed E-state index contributed by atoms with van der Waals surface area (Å²) >= 11 is 3.38. The van der Waals surface area contributed by atoms with Crippen molar-refractivity contribution >= 4 is 43.5 Å². The number of halogens is 3. The van der Waals surface area contributed by atoms with E-state index in [0.29, 0.717) is 6.54 Å². The number of carbonyl (C=O) groups is 2. The fraction of sp³-hybridized carbons (Fsp3) is 0.440. The molecule has 0 aromatic heterocycles. The monoisotopic (exact) mass is 587 g/mol. The zero-order valence-electron chi connectivity index (χ0n) is 20.6. The van der Waals surface area contributed by atoms with Gasteiger partial charge >= 0.3 is 0 Å². The maximum absolute atomic E-state index is 13.7. The molecule has 2 rings (SSSR count). The second-order valence-electron chi connectivity index (χ2n) is 8.51. The molecule has 2 aromatic carbocycles. The van der Waals surface area contributed by atoms with Crippen molar-refractivity contribution in [2.24, 2.45) is 0 Å². The molecular weight excluding hydrogens is 556 g/mol. The van der Waals surface area contributed by atoms with Crippen molar-refractivity contribution in [3.8, 4) is 0 Å². The van der Waals surface area contributed by atoms with Crippen LogP contribution in [-0.4, -0.2) is 50.5 Å². The molecule has 198 valence electrons. The van der Waals surface area contributed by atoms with Crippen LogP contribution in [0.5, 0.6) is 0 Å². The first-order valence-corrected chi connectivity index (χ1v) is 14.3. The largest absolute Gasteiger partial charge is 0.354 e. The summed E-state index contributed by atoms with van der Waals surface area (Å²) in [5, 5.41) is 2.85.